The minimum atomic E-state index is -0.529. The van der Waals surface area contributed by atoms with Gasteiger partial charge in [0.25, 0.3) is 5.56 Å². The van der Waals surface area contributed by atoms with E-state index in [0.717, 1.165) is 4.57 Å². The fourth-order valence-corrected chi connectivity index (χ4v) is 2.38. The van der Waals surface area contributed by atoms with E-state index in [1.807, 2.05) is 0 Å². The van der Waals surface area contributed by atoms with Gasteiger partial charge in [0.15, 0.2) is 0 Å². The van der Waals surface area contributed by atoms with Crippen molar-refractivity contribution >= 4 is 23.2 Å². The van der Waals surface area contributed by atoms with Crippen molar-refractivity contribution in [3.63, 3.8) is 0 Å². The first-order chi connectivity index (χ1) is 10.0. The second-order valence-corrected chi connectivity index (χ2v) is 5.24. The van der Waals surface area contributed by atoms with Gasteiger partial charge in [0.1, 0.15) is 5.15 Å². The third-order valence-electron chi connectivity index (χ3n) is 3.00. The van der Waals surface area contributed by atoms with Crippen LogP contribution in [0.4, 0.5) is 0 Å². The largest absolute Gasteiger partial charge is 0.385 e. The molecule has 0 aliphatic heterocycles. The number of aromatic nitrogens is 2. The molecule has 1 aromatic carbocycles. The summed E-state index contributed by atoms with van der Waals surface area (Å²) in [6.45, 7) is 0.727. The smallest absolute Gasteiger partial charge is 0.329 e. The van der Waals surface area contributed by atoms with Gasteiger partial charge in [0.2, 0.25) is 0 Å². The number of H-pyrrole nitrogens is 1. The number of rotatable bonds is 5. The summed E-state index contributed by atoms with van der Waals surface area (Å²) in [7, 11) is 1.56. The molecule has 21 heavy (non-hydrogen) atoms. The first kappa shape index (κ1) is 15.8. The Bertz CT molecular complexity index is 735. The van der Waals surface area contributed by atoms with Gasteiger partial charge in [0.05, 0.1) is 5.56 Å². The van der Waals surface area contributed by atoms with Crippen molar-refractivity contribution in [2.45, 2.75) is 13.0 Å². The van der Waals surface area contributed by atoms with Crippen molar-refractivity contribution in [1.82, 2.24) is 9.55 Å². The Hall–Kier alpha value is -1.56. The van der Waals surface area contributed by atoms with Crippen LogP contribution in [0.3, 0.4) is 0 Å². The summed E-state index contributed by atoms with van der Waals surface area (Å²) >= 11 is 11.8. The quantitative estimate of drug-likeness (QED) is 0.677. The average Bonchev–Trinajstić information content (AvgIpc) is 2.44. The van der Waals surface area contributed by atoms with Gasteiger partial charge in [-0.1, -0.05) is 35.3 Å². The highest BCUT2D eigenvalue weighted by Gasteiger charge is 2.14. The molecule has 0 saturated carbocycles. The zero-order chi connectivity index (χ0) is 15.4. The van der Waals surface area contributed by atoms with Gasteiger partial charge in [-0.3, -0.25) is 14.3 Å². The molecule has 5 nitrogen and oxygen atoms in total. The second-order valence-electron chi connectivity index (χ2n) is 4.43. The van der Waals surface area contributed by atoms with Crippen LogP contribution >= 0.6 is 23.2 Å². The molecule has 0 aliphatic rings. The van der Waals surface area contributed by atoms with Crippen LogP contribution < -0.4 is 11.2 Å². The van der Waals surface area contributed by atoms with Crippen LogP contribution in [0.15, 0.2) is 33.9 Å². The standard InChI is InChI=1S/C14H14Cl2N2O3/c1-21-8-2-7-18-13(19)11(12(16)17-14(18)20)9-3-5-10(15)6-4-9/h3-6H,2,7-8H2,1H3,(H,17,20). The van der Waals surface area contributed by atoms with Crippen LogP contribution in [0, 0.1) is 0 Å². The fourth-order valence-electron chi connectivity index (χ4n) is 1.98. The van der Waals surface area contributed by atoms with E-state index in [4.69, 9.17) is 27.9 Å². The number of benzene rings is 1. The molecule has 1 N–H and O–H groups in total. The number of halogens is 2. The molecule has 2 aromatic rings. The monoisotopic (exact) mass is 328 g/mol. The molecule has 2 rings (SSSR count). The van der Waals surface area contributed by atoms with E-state index in [1.165, 1.54) is 0 Å². The lowest BCUT2D eigenvalue weighted by Crippen LogP contribution is -2.36. The van der Waals surface area contributed by atoms with E-state index >= 15 is 0 Å². The van der Waals surface area contributed by atoms with Crippen molar-refractivity contribution < 1.29 is 4.74 Å². The van der Waals surface area contributed by atoms with E-state index in [1.54, 1.807) is 31.4 Å². The Balaban J connectivity index is 2.51. The first-order valence-corrected chi connectivity index (χ1v) is 7.07. The molecular formula is C14H14Cl2N2O3. The van der Waals surface area contributed by atoms with Gasteiger partial charge in [-0.2, -0.15) is 0 Å². The minimum Gasteiger partial charge on any atom is -0.385 e. The highest BCUT2D eigenvalue weighted by atomic mass is 35.5. The zero-order valence-electron chi connectivity index (χ0n) is 11.4. The van der Waals surface area contributed by atoms with Crippen molar-refractivity contribution in [1.29, 1.82) is 0 Å². The number of methoxy groups -OCH3 is 1. The number of aromatic amines is 1. The minimum absolute atomic E-state index is 0.0234. The molecule has 0 amide bonds. The highest BCUT2D eigenvalue weighted by Crippen LogP contribution is 2.23. The molecule has 0 radical (unpaired) electrons. The maximum absolute atomic E-state index is 12.5. The summed E-state index contributed by atoms with van der Waals surface area (Å²) < 4.78 is 6.05. The van der Waals surface area contributed by atoms with Gasteiger partial charge >= 0.3 is 5.69 Å². The molecule has 0 aliphatic carbocycles. The van der Waals surface area contributed by atoms with Crippen LogP contribution in [0.1, 0.15) is 6.42 Å². The van der Waals surface area contributed by atoms with Crippen LogP contribution in [0.2, 0.25) is 10.2 Å². The Kier molecular flexibility index (Phi) is 5.22. The Labute approximate surface area is 131 Å². The molecule has 0 fully saturated rings. The van der Waals surface area contributed by atoms with Gasteiger partial charge in [-0.05, 0) is 24.1 Å². The summed E-state index contributed by atoms with van der Waals surface area (Å²) in [6.07, 6.45) is 0.557. The summed E-state index contributed by atoms with van der Waals surface area (Å²) in [6, 6.07) is 6.69. The van der Waals surface area contributed by atoms with Gasteiger partial charge in [-0.25, -0.2) is 4.79 Å². The third kappa shape index (κ3) is 3.56. The summed E-state index contributed by atoms with van der Waals surface area (Å²) in [5.74, 6) is 0. The molecule has 1 aromatic heterocycles. The molecule has 0 unspecified atom stereocenters. The average molecular weight is 329 g/mol. The summed E-state index contributed by atoms with van der Waals surface area (Å²) in [5.41, 5.74) is -0.0996. The van der Waals surface area contributed by atoms with E-state index < -0.39 is 11.2 Å². The Morgan fingerprint density at radius 1 is 1.19 bits per heavy atom. The lowest BCUT2D eigenvalue weighted by atomic mass is 10.1. The van der Waals surface area contributed by atoms with Gasteiger partial charge in [0, 0.05) is 25.3 Å². The maximum atomic E-state index is 12.5. The van der Waals surface area contributed by atoms with Gasteiger partial charge in [-0.15, -0.1) is 0 Å². The molecule has 112 valence electrons. The molecule has 0 spiro atoms. The third-order valence-corrected chi connectivity index (χ3v) is 3.54. The predicted molar refractivity (Wildman–Crippen MR) is 83.3 cm³/mol. The van der Waals surface area contributed by atoms with Crippen LogP contribution in [-0.4, -0.2) is 23.3 Å². The Morgan fingerprint density at radius 3 is 2.48 bits per heavy atom. The van der Waals surface area contributed by atoms with Gasteiger partial charge < -0.3 is 4.74 Å². The zero-order valence-corrected chi connectivity index (χ0v) is 12.9. The van der Waals surface area contributed by atoms with Crippen molar-refractivity contribution in [2.24, 2.45) is 0 Å². The lowest BCUT2D eigenvalue weighted by molar-refractivity contribution is 0.189. The first-order valence-electron chi connectivity index (χ1n) is 6.32. The van der Waals surface area contributed by atoms with Crippen molar-refractivity contribution in [2.75, 3.05) is 13.7 Å². The van der Waals surface area contributed by atoms with E-state index in [0.29, 0.717) is 23.6 Å². The number of ether oxygens (including phenoxy) is 1. The normalized spacial score (nSPS) is 10.8. The number of hydrogen-bond acceptors (Lipinski definition) is 3. The second kappa shape index (κ2) is 6.93. The van der Waals surface area contributed by atoms with Crippen molar-refractivity contribution in [3.05, 3.63) is 55.3 Å². The van der Waals surface area contributed by atoms with E-state index in [2.05, 4.69) is 4.98 Å². The number of nitrogens with zero attached hydrogens (tertiary/aromatic N) is 1. The molecular weight excluding hydrogens is 315 g/mol. The Morgan fingerprint density at radius 2 is 1.86 bits per heavy atom. The topological polar surface area (TPSA) is 64.1 Å². The fraction of sp³-hybridized carbons (Fsp3) is 0.286. The lowest BCUT2D eigenvalue weighted by Gasteiger charge is -2.09. The van der Waals surface area contributed by atoms with E-state index in [-0.39, 0.29) is 17.3 Å². The van der Waals surface area contributed by atoms with Crippen LogP contribution in [-0.2, 0) is 11.3 Å². The number of nitrogens with one attached hydrogen (secondary N) is 1. The SMILES string of the molecule is COCCCn1c(=O)[nH]c(Cl)c(-c2ccc(Cl)cc2)c1=O. The van der Waals surface area contributed by atoms with Crippen LogP contribution in [0.5, 0.6) is 0 Å². The molecule has 0 atom stereocenters. The molecule has 0 saturated heterocycles. The van der Waals surface area contributed by atoms with Crippen LogP contribution in [0.25, 0.3) is 11.1 Å². The predicted octanol–water partition coefficient (Wildman–Crippen LogP) is 2.55. The van der Waals surface area contributed by atoms with Crippen molar-refractivity contribution in [3.8, 4) is 11.1 Å². The molecule has 0 bridgehead atoms. The summed E-state index contributed by atoms with van der Waals surface area (Å²) in [5, 5.41) is 0.579. The molecule has 1 heterocycles. The maximum Gasteiger partial charge on any atom is 0.329 e. The number of hydrogen-bond donors (Lipinski definition) is 1. The highest BCUT2D eigenvalue weighted by molar-refractivity contribution is 6.32. The van der Waals surface area contributed by atoms with E-state index in [9.17, 15) is 9.59 Å². The summed E-state index contributed by atoms with van der Waals surface area (Å²) in [4.78, 5) is 26.8. The molecule has 7 heteroatoms.